The van der Waals surface area contributed by atoms with Gasteiger partial charge in [-0.05, 0) is 60.3 Å². The fraction of sp³-hybridized carbons (Fsp3) is 0.231. The summed E-state index contributed by atoms with van der Waals surface area (Å²) in [6.45, 7) is 3.96. The maximum absolute atomic E-state index is 6.18. The van der Waals surface area contributed by atoms with Crippen LogP contribution in [0.25, 0.3) is 10.8 Å². The Morgan fingerprint density at radius 3 is 2.78 bits per heavy atom. The van der Waals surface area contributed by atoms with Crippen LogP contribution in [0.2, 0.25) is 5.15 Å². The molecule has 1 N–H and O–H groups in total. The Bertz CT molecular complexity index is 1180. The van der Waals surface area contributed by atoms with Crippen LogP contribution in [0.1, 0.15) is 12.0 Å². The molecule has 162 valence electrons. The molecule has 1 aliphatic heterocycles. The molecule has 5 nitrogen and oxygen atoms in total. The molecule has 1 fully saturated rings. The standard InChI is InChI=1S/C26H25ClN4O/c27-25-9-6-22(15-29-25)30-26-24-8-7-23(14-21(24)10-12-28-26)32-18-20-11-13-31(17-20)16-19-4-2-1-3-5-19/h1-10,12,14-15,20H,11,13,16-18H2,(H,28,30). The van der Waals surface area contributed by atoms with Gasteiger partial charge in [0.05, 0.1) is 18.5 Å². The van der Waals surface area contributed by atoms with Crippen molar-refractivity contribution in [3.05, 3.63) is 89.8 Å². The molecule has 4 aromatic rings. The number of ether oxygens (including phenoxy) is 1. The second-order valence-electron chi connectivity index (χ2n) is 8.22. The highest BCUT2D eigenvalue weighted by molar-refractivity contribution is 6.29. The Morgan fingerprint density at radius 1 is 1.03 bits per heavy atom. The molecule has 2 aromatic carbocycles. The third kappa shape index (κ3) is 5.01. The highest BCUT2D eigenvalue weighted by Gasteiger charge is 2.23. The van der Waals surface area contributed by atoms with Crippen molar-refractivity contribution in [2.24, 2.45) is 5.92 Å². The highest BCUT2D eigenvalue weighted by Crippen LogP contribution is 2.28. The van der Waals surface area contributed by atoms with E-state index in [0.717, 1.165) is 54.3 Å². The molecule has 1 atom stereocenters. The first kappa shape index (κ1) is 20.7. The lowest BCUT2D eigenvalue weighted by Crippen LogP contribution is -2.22. The average Bonchev–Trinajstić information content (AvgIpc) is 3.27. The zero-order valence-corrected chi connectivity index (χ0v) is 18.5. The molecule has 0 aliphatic carbocycles. The van der Waals surface area contributed by atoms with E-state index < -0.39 is 0 Å². The van der Waals surface area contributed by atoms with E-state index in [1.807, 2.05) is 18.2 Å². The highest BCUT2D eigenvalue weighted by atomic mass is 35.5. The van der Waals surface area contributed by atoms with Crippen LogP contribution in [0.15, 0.2) is 79.1 Å². The molecule has 1 unspecified atom stereocenters. The molecule has 2 aromatic heterocycles. The maximum Gasteiger partial charge on any atom is 0.138 e. The third-order valence-corrected chi connectivity index (χ3v) is 6.05. The summed E-state index contributed by atoms with van der Waals surface area (Å²) in [6.07, 6.45) is 4.67. The van der Waals surface area contributed by atoms with Crippen molar-refractivity contribution in [2.45, 2.75) is 13.0 Å². The number of fused-ring (bicyclic) bond motifs is 1. The fourth-order valence-electron chi connectivity index (χ4n) is 4.18. The van der Waals surface area contributed by atoms with Gasteiger partial charge in [0.15, 0.2) is 0 Å². The minimum Gasteiger partial charge on any atom is -0.493 e. The molecular formula is C26H25ClN4O. The minimum atomic E-state index is 0.466. The van der Waals surface area contributed by atoms with Crippen LogP contribution in [0.5, 0.6) is 5.75 Å². The Balaban J connectivity index is 1.20. The summed E-state index contributed by atoms with van der Waals surface area (Å²) in [7, 11) is 0. The molecular weight excluding hydrogens is 420 g/mol. The second kappa shape index (κ2) is 9.55. The van der Waals surface area contributed by atoms with Gasteiger partial charge in [-0.1, -0.05) is 41.9 Å². The van der Waals surface area contributed by atoms with E-state index in [2.05, 4.69) is 62.6 Å². The van der Waals surface area contributed by atoms with E-state index in [-0.39, 0.29) is 0 Å². The van der Waals surface area contributed by atoms with Crippen molar-refractivity contribution >= 4 is 33.9 Å². The summed E-state index contributed by atoms with van der Waals surface area (Å²) in [5.41, 5.74) is 2.21. The molecule has 0 amide bonds. The van der Waals surface area contributed by atoms with Crippen LogP contribution < -0.4 is 10.1 Å². The van der Waals surface area contributed by atoms with Gasteiger partial charge in [-0.25, -0.2) is 9.97 Å². The van der Waals surface area contributed by atoms with E-state index in [0.29, 0.717) is 11.1 Å². The van der Waals surface area contributed by atoms with Crippen LogP contribution in [-0.4, -0.2) is 34.6 Å². The van der Waals surface area contributed by atoms with Gasteiger partial charge in [-0.15, -0.1) is 0 Å². The quantitative estimate of drug-likeness (QED) is 0.358. The number of halogens is 1. The van der Waals surface area contributed by atoms with Crippen LogP contribution >= 0.6 is 11.6 Å². The predicted molar refractivity (Wildman–Crippen MR) is 130 cm³/mol. The summed E-state index contributed by atoms with van der Waals surface area (Å²) in [6, 6.07) is 22.5. The van der Waals surface area contributed by atoms with Crippen LogP contribution in [0, 0.1) is 5.92 Å². The lowest BCUT2D eigenvalue weighted by Gasteiger charge is -2.16. The van der Waals surface area contributed by atoms with Gasteiger partial charge in [0.25, 0.3) is 0 Å². The van der Waals surface area contributed by atoms with Crippen LogP contribution in [-0.2, 0) is 6.54 Å². The molecule has 0 bridgehead atoms. The molecule has 3 heterocycles. The zero-order valence-electron chi connectivity index (χ0n) is 17.7. The van der Waals surface area contributed by atoms with Crippen molar-refractivity contribution in [1.82, 2.24) is 14.9 Å². The molecule has 0 saturated carbocycles. The lowest BCUT2D eigenvalue weighted by molar-refractivity contribution is 0.239. The van der Waals surface area contributed by atoms with Gasteiger partial charge >= 0.3 is 0 Å². The Hall–Kier alpha value is -3.15. The number of pyridine rings is 2. The van der Waals surface area contributed by atoms with E-state index in [1.54, 1.807) is 18.5 Å². The minimum absolute atomic E-state index is 0.466. The Morgan fingerprint density at radius 2 is 1.94 bits per heavy atom. The number of nitrogens with zero attached hydrogens (tertiary/aromatic N) is 3. The molecule has 0 spiro atoms. The van der Waals surface area contributed by atoms with Crippen LogP contribution in [0.4, 0.5) is 11.5 Å². The average molecular weight is 445 g/mol. The number of benzene rings is 2. The molecule has 32 heavy (non-hydrogen) atoms. The normalized spacial score (nSPS) is 16.3. The first-order valence-electron chi connectivity index (χ1n) is 10.9. The number of hydrogen-bond donors (Lipinski definition) is 1. The Labute approximate surface area is 193 Å². The van der Waals surface area contributed by atoms with Gasteiger partial charge in [0, 0.05) is 30.6 Å². The fourth-order valence-corrected chi connectivity index (χ4v) is 4.29. The van der Waals surface area contributed by atoms with Crippen molar-refractivity contribution in [2.75, 3.05) is 25.0 Å². The lowest BCUT2D eigenvalue weighted by atomic mass is 10.1. The molecule has 6 heteroatoms. The maximum atomic E-state index is 6.18. The third-order valence-electron chi connectivity index (χ3n) is 5.83. The largest absolute Gasteiger partial charge is 0.493 e. The number of likely N-dealkylation sites (tertiary alicyclic amines) is 1. The van der Waals surface area contributed by atoms with Gasteiger partial charge in [-0.3, -0.25) is 4.90 Å². The van der Waals surface area contributed by atoms with Crippen molar-refractivity contribution < 1.29 is 4.74 Å². The van der Waals surface area contributed by atoms with Gasteiger partial charge < -0.3 is 10.1 Å². The second-order valence-corrected chi connectivity index (χ2v) is 8.61. The monoisotopic (exact) mass is 444 g/mol. The smallest absolute Gasteiger partial charge is 0.138 e. The van der Waals surface area contributed by atoms with E-state index >= 15 is 0 Å². The van der Waals surface area contributed by atoms with E-state index in [1.165, 1.54) is 12.0 Å². The number of nitrogens with one attached hydrogen (secondary N) is 1. The molecule has 0 radical (unpaired) electrons. The summed E-state index contributed by atoms with van der Waals surface area (Å²) >= 11 is 5.88. The first-order valence-corrected chi connectivity index (χ1v) is 11.3. The van der Waals surface area contributed by atoms with Crippen molar-refractivity contribution in [3.63, 3.8) is 0 Å². The van der Waals surface area contributed by atoms with Crippen molar-refractivity contribution in [1.29, 1.82) is 0 Å². The Kier molecular flexibility index (Phi) is 6.19. The van der Waals surface area contributed by atoms with Gasteiger partial charge in [0.2, 0.25) is 0 Å². The van der Waals surface area contributed by atoms with E-state index in [9.17, 15) is 0 Å². The summed E-state index contributed by atoms with van der Waals surface area (Å²) in [4.78, 5) is 11.1. The molecule has 5 rings (SSSR count). The number of aromatic nitrogens is 2. The summed E-state index contributed by atoms with van der Waals surface area (Å²) in [5, 5.41) is 5.90. The number of rotatable bonds is 7. The summed E-state index contributed by atoms with van der Waals surface area (Å²) in [5.74, 6) is 2.23. The molecule has 1 saturated heterocycles. The van der Waals surface area contributed by atoms with Crippen LogP contribution in [0.3, 0.4) is 0 Å². The molecule has 1 aliphatic rings. The topological polar surface area (TPSA) is 50.3 Å². The summed E-state index contributed by atoms with van der Waals surface area (Å²) < 4.78 is 6.18. The number of hydrogen-bond acceptors (Lipinski definition) is 5. The van der Waals surface area contributed by atoms with Crippen molar-refractivity contribution in [3.8, 4) is 5.75 Å². The number of anilines is 2. The zero-order chi connectivity index (χ0) is 21.8. The SMILES string of the molecule is Clc1ccc(Nc2nccc3cc(OCC4CCN(Cc5ccccc5)C4)ccc23)cn1. The van der Waals surface area contributed by atoms with E-state index in [4.69, 9.17) is 16.3 Å². The first-order chi connectivity index (χ1) is 15.7. The van der Waals surface area contributed by atoms with Gasteiger partial charge in [0.1, 0.15) is 16.7 Å². The van der Waals surface area contributed by atoms with Gasteiger partial charge in [-0.2, -0.15) is 0 Å². The predicted octanol–water partition coefficient (Wildman–Crippen LogP) is 5.93.